The van der Waals surface area contributed by atoms with Gasteiger partial charge in [0.05, 0.1) is 18.1 Å². The molecule has 0 aromatic heterocycles. The Hall–Kier alpha value is -1.39. The topological polar surface area (TPSA) is 49.8 Å². The number of benzene rings is 1. The van der Waals surface area contributed by atoms with Crippen LogP contribution in [-0.2, 0) is 16.1 Å². The zero-order valence-corrected chi connectivity index (χ0v) is 11.6. The van der Waals surface area contributed by atoms with E-state index in [4.69, 9.17) is 4.74 Å². The van der Waals surface area contributed by atoms with E-state index in [0.29, 0.717) is 25.9 Å². The molecule has 2 aliphatic heterocycles. The summed E-state index contributed by atoms with van der Waals surface area (Å²) in [6.07, 6.45) is 1.97. The highest BCUT2D eigenvalue weighted by Crippen LogP contribution is 2.35. The van der Waals surface area contributed by atoms with Gasteiger partial charge >= 0.3 is 5.97 Å². The van der Waals surface area contributed by atoms with E-state index in [-0.39, 0.29) is 11.9 Å². The lowest BCUT2D eigenvalue weighted by Gasteiger charge is -2.40. The minimum atomic E-state index is -0.860. The van der Waals surface area contributed by atoms with Crippen molar-refractivity contribution in [1.82, 2.24) is 4.90 Å². The third-order valence-electron chi connectivity index (χ3n) is 4.55. The van der Waals surface area contributed by atoms with Gasteiger partial charge < -0.3 is 9.84 Å². The van der Waals surface area contributed by atoms with Crippen LogP contribution in [0.4, 0.5) is 0 Å². The van der Waals surface area contributed by atoms with E-state index >= 15 is 0 Å². The van der Waals surface area contributed by atoms with Crippen molar-refractivity contribution in [2.24, 2.45) is 5.92 Å². The minimum Gasteiger partial charge on any atom is -0.465 e. The molecule has 108 valence electrons. The van der Waals surface area contributed by atoms with Crippen molar-refractivity contribution in [2.75, 3.05) is 19.7 Å². The van der Waals surface area contributed by atoms with E-state index < -0.39 is 5.60 Å². The molecule has 4 heteroatoms. The second-order valence-corrected chi connectivity index (χ2v) is 5.87. The third kappa shape index (κ3) is 2.72. The van der Waals surface area contributed by atoms with Crippen LogP contribution in [0.2, 0.25) is 0 Å². The maximum absolute atomic E-state index is 11.7. The van der Waals surface area contributed by atoms with Gasteiger partial charge in [-0.05, 0) is 24.8 Å². The van der Waals surface area contributed by atoms with Crippen molar-refractivity contribution in [3.63, 3.8) is 0 Å². The van der Waals surface area contributed by atoms with Crippen molar-refractivity contribution in [1.29, 1.82) is 0 Å². The van der Waals surface area contributed by atoms with Crippen molar-refractivity contribution in [3.05, 3.63) is 35.9 Å². The summed E-state index contributed by atoms with van der Waals surface area (Å²) >= 11 is 0. The summed E-state index contributed by atoms with van der Waals surface area (Å²) in [5, 5.41) is 10.7. The summed E-state index contributed by atoms with van der Waals surface area (Å²) < 4.78 is 4.99. The summed E-state index contributed by atoms with van der Waals surface area (Å²) in [6, 6.07) is 10.3. The number of esters is 1. The number of ether oxygens (including phenoxy) is 1. The molecule has 20 heavy (non-hydrogen) atoms. The highest BCUT2D eigenvalue weighted by molar-refractivity contribution is 5.75. The number of likely N-dealkylation sites (tertiary alicyclic amines) is 1. The van der Waals surface area contributed by atoms with Crippen LogP contribution < -0.4 is 0 Å². The lowest BCUT2D eigenvalue weighted by molar-refractivity contribution is -0.151. The molecular formula is C16H21NO3. The highest BCUT2D eigenvalue weighted by atomic mass is 16.5. The Kier molecular flexibility index (Phi) is 3.76. The molecule has 0 aliphatic carbocycles. The lowest BCUT2D eigenvalue weighted by Crippen LogP contribution is -2.49. The summed E-state index contributed by atoms with van der Waals surface area (Å²) in [4.78, 5) is 14.0. The van der Waals surface area contributed by atoms with Gasteiger partial charge in [0.15, 0.2) is 0 Å². The molecule has 2 saturated heterocycles. The van der Waals surface area contributed by atoms with Gasteiger partial charge in [-0.2, -0.15) is 0 Å². The molecule has 0 spiro atoms. The second kappa shape index (κ2) is 5.54. The Morgan fingerprint density at radius 3 is 2.55 bits per heavy atom. The number of rotatable bonds is 3. The van der Waals surface area contributed by atoms with Gasteiger partial charge in [-0.1, -0.05) is 30.3 Å². The van der Waals surface area contributed by atoms with Crippen molar-refractivity contribution in [3.8, 4) is 0 Å². The van der Waals surface area contributed by atoms with Crippen LogP contribution >= 0.6 is 0 Å². The Labute approximate surface area is 119 Å². The number of aliphatic hydroxyl groups is 1. The van der Waals surface area contributed by atoms with Crippen LogP contribution in [-0.4, -0.2) is 41.3 Å². The van der Waals surface area contributed by atoms with Crippen LogP contribution in [0.3, 0.4) is 0 Å². The monoisotopic (exact) mass is 275 g/mol. The second-order valence-electron chi connectivity index (χ2n) is 5.87. The molecule has 1 aromatic carbocycles. The Morgan fingerprint density at radius 2 is 1.95 bits per heavy atom. The number of carbonyl (C=O) groups excluding carboxylic acids is 1. The van der Waals surface area contributed by atoms with Crippen LogP contribution in [0, 0.1) is 5.92 Å². The zero-order chi connectivity index (χ0) is 14.0. The molecule has 1 N–H and O–H groups in total. The molecule has 0 unspecified atom stereocenters. The van der Waals surface area contributed by atoms with Gasteiger partial charge in [0, 0.05) is 19.6 Å². The van der Waals surface area contributed by atoms with E-state index in [9.17, 15) is 9.90 Å². The fraction of sp³-hybridized carbons (Fsp3) is 0.562. The molecule has 0 radical (unpaired) electrons. The van der Waals surface area contributed by atoms with E-state index in [1.165, 1.54) is 5.56 Å². The molecule has 0 amide bonds. The predicted octanol–water partition coefficient (Wildman–Crippen LogP) is 1.58. The zero-order valence-electron chi connectivity index (χ0n) is 11.6. The van der Waals surface area contributed by atoms with Crippen LogP contribution in [0.5, 0.6) is 0 Å². The quantitative estimate of drug-likeness (QED) is 0.851. The number of nitrogens with zero attached hydrogens (tertiary/aromatic N) is 1. The van der Waals surface area contributed by atoms with Crippen LogP contribution in [0.15, 0.2) is 30.3 Å². The van der Waals surface area contributed by atoms with E-state index in [2.05, 4.69) is 17.0 Å². The molecule has 4 nitrogen and oxygen atoms in total. The maximum Gasteiger partial charge on any atom is 0.311 e. The lowest BCUT2D eigenvalue weighted by atomic mass is 9.78. The molecule has 2 fully saturated rings. The van der Waals surface area contributed by atoms with Crippen molar-refractivity contribution in [2.45, 2.75) is 31.4 Å². The predicted molar refractivity (Wildman–Crippen MR) is 75.0 cm³/mol. The average molecular weight is 275 g/mol. The normalized spacial score (nSPS) is 26.4. The van der Waals surface area contributed by atoms with Gasteiger partial charge in [0.2, 0.25) is 0 Å². The van der Waals surface area contributed by atoms with Crippen molar-refractivity contribution < 1.29 is 14.6 Å². The number of hydrogen-bond acceptors (Lipinski definition) is 4. The molecular weight excluding hydrogens is 254 g/mol. The smallest absolute Gasteiger partial charge is 0.311 e. The number of piperidine rings is 1. The highest BCUT2D eigenvalue weighted by Gasteiger charge is 2.46. The Bertz CT molecular complexity index is 466. The first-order valence-electron chi connectivity index (χ1n) is 7.33. The standard InChI is InChI=1S/C16H21NO3/c18-15-14(6-11-20-15)16(19)7-9-17(10-8-16)12-13-4-2-1-3-5-13/h1-5,14,19H,6-12H2/t14-/m0/s1. The largest absolute Gasteiger partial charge is 0.465 e. The van der Waals surface area contributed by atoms with E-state index in [0.717, 1.165) is 19.6 Å². The molecule has 3 rings (SSSR count). The molecule has 1 aromatic rings. The summed E-state index contributed by atoms with van der Waals surface area (Å²) in [7, 11) is 0. The van der Waals surface area contributed by atoms with Gasteiger partial charge in [0.1, 0.15) is 0 Å². The molecule has 1 atom stereocenters. The first-order valence-corrected chi connectivity index (χ1v) is 7.33. The fourth-order valence-corrected chi connectivity index (χ4v) is 3.27. The maximum atomic E-state index is 11.7. The number of cyclic esters (lactones) is 1. The van der Waals surface area contributed by atoms with E-state index in [1.54, 1.807) is 0 Å². The molecule has 2 aliphatic rings. The van der Waals surface area contributed by atoms with Gasteiger partial charge in [-0.25, -0.2) is 0 Å². The molecule has 0 saturated carbocycles. The molecule has 2 heterocycles. The first kappa shape index (κ1) is 13.6. The van der Waals surface area contributed by atoms with Crippen LogP contribution in [0.1, 0.15) is 24.8 Å². The summed E-state index contributed by atoms with van der Waals surface area (Å²) in [5.41, 5.74) is 0.430. The SMILES string of the molecule is O=C1OCC[C@@H]1C1(O)CCN(Cc2ccccc2)CC1. The fourth-order valence-electron chi connectivity index (χ4n) is 3.27. The van der Waals surface area contributed by atoms with E-state index in [1.807, 2.05) is 18.2 Å². The van der Waals surface area contributed by atoms with Crippen LogP contribution in [0.25, 0.3) is 0 Å². The summed E-state index contributed by atoms with van der Waals surface area (Å²) in [5.74, 6) is -0.537. The van der Waals surface area contributed by atoms with Gasteiger partial charge in [-0.15, -0.1) is 0 Å². The third-order valence-corrected chi connectivity index (χ3v) is 4.55. The minimum absolute atomic E-state index is 0.219. The molecule has 0 bridgehead atoms. The van der Waals surface area contributed by atoms with Crippen molar-refractivity contribution >= 4 is 5.97 Å². The first-order chi connectivity index (χ1) is 9.67. The number of carbonyl (C=O) groups is 1. The van der Waals surface area contributed by atoms with Gasteiger partial charge in [-0.3, -0.25) is 9.69 Å². The Balaban J connectivity index is 1.58. The van der Waals surface area contributed by atoms with Gasteiger partial charge in [0.25, 0.3) is 0 Å². The summed E-state index contributed by atoms with van der Waals surface area (Å²) in [6.45, 7) is 3.02. The number of hydrogen-bond donors (Lipinski definition) is 1. The average Bonchev–Trinajstić information content (AvgIpc) is 2.90. The Morgan fingerprint density at radius 1 is 1.25 bits per heavy atom.